The van der Waals surface area contributed by atoms with Gasteiger partial charge in [-0.2, -0.15) is 4.37 Å². The van der Waals surface area contributed by atoms with Crippen LogP contribution in [0, 0.1) is 0 Å². The minimum atomic E-state index is 0.138. The zero-order chi connectivity index (χ0) is 13.7. The third-order valence-corrected chi connectivity index (χ3v) is 3.18. The number of anilines is 1. The quantitative estimate of drug-likeness (QED) is 0.843. The van der Waals surface area contributed by atoms with E-state index >= 15 is 0 Å². The number of nitrogens with one attached hydrogen (secondary N) is 1. The number of benzene rings is 1. The Bertz CT molecular complexity index is 545. The van der Waals surface area contributed by atoms with Gasteiger partial charge in [0.25, 0.3) is 0 Å². The molecule has 1 aromatic heterocycles. The number of ether oxygens (including phenoxy) is 2. The molecular formula is C12H15N3O3S. The van der Waals surface area contributed by atoms with Crippen molar-refractivity contribution >= 4 is 16.7 Å². The second kappa shape index (κ2) is 6.35. The van der Waals surface area contributed by atoms with Gasteiger partial charge in [0.05, 0.1) is 7.11 Å². The van der Waals surface area contributed by atoms with Crippen molar-refractivity contribution in [2.24, 2.45) is 0 Å². The molecule has 6 nitrogen and oxygen atoms in total. The van der Waals surface area contributed by atoms with Gasteiger partial charge in [0.15, 0.2) is 17.3 Å². The minimum Gasteiger partial charge on any atom is -0.504 e. The van der Waals surface area contributed by atoms with Crippen LogP contribution in [0.3, 0.4) is 0 Å². The SMILES string of the molecule is COCc1nsc(NCc2cccc(OC)c2O)n1. The number of rotatable bonds is 6. The third-order valence-electron chi connectivity index (χ3n) is 2.47. The molecule has 2 aromatic rings. The summed E-state index contributed by atoms with van der Waals surface area (Å²) in [6, 6.07) is 5.36. The molecule has 0 spiro atoms. The molecule has 0 atom stereocenters. The summed E-state index contributed by atoms with van der Waals surface area (Å²) in [7, 11) is 3.12. The summed E-state index contributed by atoms with van der Waals surface area (Å²) < 4.78 is 14.1. The van der Waals surface area contributed by atoms with Gasteiger partial charge in [0.2, 0.25) is 5.13 Å². The van der Waals surface area contributed by atoms with Gasteiger partial charge >= 0.3 is 0 Å². The Hall–Kier alpha value is -1.86. The molecule has 2 rings (SSSR count). The molecule has 0 bridgehead atoms. The molecular weight excluding hydrogens is 266 g/mol. The van der Waals surface area contributed by atoms with E-state index in [9.17, 15) is 5.11 Å². The molecule has 1 heterocycles. The Morgan fingerprint density at radius 1 is 1.37 bits per heavy atom. The van der Waals surface area contributed by atoms with Crippen molar-refractivity contribution in [1.29, 1.82) is 0 Å². The van der Waals surface area contributed by atoms with E-state index in [2.05, 4.69) is 14.7 Å². The fraction of sp³-hybridized carbons (Fsp3) is 0.333. The van der Waals surface area contributed by atoms with E-state index in [1.165, 1.54) is 18.6 Å². The lowest BCUT2D eigenvalue weighted by Gasteiger charge is -2.08. The number of hydrogen-bond acceptors (Lipinski definition) is 7. The van der Waals surface area contributed by atoms with Gasteiger partial charge in [-0.25, -0.2) is 4.98 Å². The lowest BCUT2D eigenvalue weighted by atomic mass is 10.2. The molecule has 0 unspecified atom stereocenters. The number of hydrogen-bond donors (Lipinski definition) is 2. The minimum absolute atomic E-state index is 0.138. The van der Waals surface area contributed by atoms with Gasteiger partial charge in [-0.3, -0.25) is 0 Å². The molecule has 0 saturated carbocycles. The Balaban J connectivity index is 2.01. The summed E-state index contributed by atoms with van der Waals surface area (Å²) in [6.45, 7) is 0.841. The topological polar surface area (TPSA) is 76.5 Å². The van der Waals surface area contributed by atoms with Crippen LogP contribution in [0.2, 0.25) is 0 Å². The van der Waals surface area contributed by atoms with Crippen molar-refractivity contribution in [3.8, 4) is 11.5 Å². The third kappa shape index (κ3) is 3.33. The van der Waals surface area contributed by atoms with E-state index in [0.717, 1.165) is 5.56 Å². The maximum absolute atomic E-state index is 9.94. The van der Waals surface area contributed by atoms with Crippen molar-refractivity contribution < 1.29 is 14.6 Å². The molecule has 2 N–H and O–H groups in total. The average Bonchev–Trinajstić information content (AvgIpc) is 2.86. The smallest absolute Gasteiger partial charge is 0.202 e. The van der Waals surface area contributed by atoms with Crippen LogP contribution in [0.4, 0.5) is 5.13 Å². The lowest BCUT2D eigenvalue weighted by Crippen LogP contribution is -2.00. The number of para-hydroxylation sites is 1. The van der Waals surface area contributed by atoms with E-state index in [0.29, 0.717) is 29.9 Å². The normalized spacial score (nSPS) is 10.4. The molecule has 0 saturated heterocycles. The first kappa shape index (κ1) is 13.6. The zero-order valence-electron chi connectivity index (χ0n) is 10.7. The summed E-state index contributed by atoms with van der Waals surface area (Å²) in [6.07, 6.45) is 0. The number of aromatic nitrogens is 2. The average molecular weight is 281 g/mol. The summed E-state index contributed by atoms with van der Waals surface area (Å²) >= 11 is 1.26. The summed E-state index contributed by atoms with van der Waals surface area (Å²) in [4.78, 5) is 4.25. The Morgan fingerprint density at radius 2 is 2.21 bits per heavy atom. The molecule has 0 aliphatic heterocycles. The van der Waals surface area contributed by atoms with Crippen LogP contribution >= 0.6 is 11.5 Å². The van der Waals surface area contributed by atoms with E-state index in [-0.39, 0.29) is 5.75 Å². The van der Waals surface area contributed by atoms with E-state index in [1.807, 2.05) is 12.1 Å². The monoisotopic (exact) mass is 281 g/mol. The van der Waals surface area contributed by atoms with Crippen LogP contribution in [0.25, 0.3) is 0 Å². The first-order valence-corrected chi connectivity index (χ1v) is 6.42. The summed E-state index contributed by atoms with van der Waals surface area (Å²) in [5.74, 6) is 1.24. The largest absolute Gasteiger partial charge is 0.504 e. The van der Waals surface area contributed by atoms with Crippen molar-refractivity contribution in [3.05, 3.63) is 29.6 Å². The zero-order valence-corrected chi connectivity index (χ0v) is 11.5. The predicted molar refractivity (Wildman–Crippen MR) is 72.6 cm³/mol. The van der Waals surface area contributed by atoms with Crippen molar-refractivity contribution in [1.82, 2.24) is 9.36 Å². The highest BCUT2D eigenvalue weighted by atomic mass is 32.1. The predicted octanol–water partition coefficient (Wildman–Crippen LogP) is 2.01. The van der Waals surface area contributed by atoms with Gasteiger partial charge in [-0.1, -0.05) is 12.1 Å². The number of methoxy groups -OCH3 is 2. The molecule has 0 amide bonds. The van der Waals surface area contributed by atoms with E-state index < -0.39 is 0 Å². The molecule has 1 aromatic carbocycles. The Kier molecular flexibility index (Phi) is 4.53. The highest BCUT2D eigenvalue weighted by Crippen LogP contribution is 2.29. The maximum Gasteiger partial charge on any atom is 0.202 e. The fourth-order valence-corrected chi connectivity index (χ4v) is 2.13. The summed E-state index contributed by atoms with van der Waals surface area (Å²) in [5.41, 5.74) is 0.739. The van der Waals surface area contributed by atoms with E-state index in [1.54, 1.807) is 13.2 Å². The van der Waals surface area contributed by atoms with Gasteiger partial charge in [-0.05, 0) is 6.07 Å². The van der Waals surface area contributed by atoms with Crippen LogP contribution < -0.4 is 10.1 Å². The first-order valence-electron chi connectivity index (χ1n) is 5.65. The van der Waals surface area contributed by atoms with Gasteiger partial charge in [0, 0.05) is 30.8 Å². The van der Waals surface area contributed by atoms with Crippen molar-refractivity contribution in [3.63, 3.8) is 0 Å². The number of phenolic OH excluding ortho intramolecular Hbond substituents is 1. The highest BCUT2D eigenvalue weighted by molar-refractivity contribution is 7.09. The molecule has 0 fully saturated rings. The second-order valence-corrected chi connectivity index (χ2v) is 4.52. The first-order chi connectivity index (χ1) is 9.24. The molecule has 0 aliphatic carbocycles. The van der Waals surface area contributed by atoms with Crippen molar-refractivity contribution in [2.45, 2.75) is 13.2 Å². The standard InChI is InChI=1S/C12H15N3O3S/c1-17-7-10-14-12(19-15-10)13-6-8-4-3-5-9(18-2)11(8)16/h3-5,16H,6-7H2,1-2H3,(H,13,14,15). The van der Waals surface area contributed by atoms with Crippen LogP contribution in [0.1, 0.15) is 11.4 Å². The maximum atomic E-state index is 9.94. The molecule has 0 aliphatic rings. The molecule has 7 heteroatoms. The van der Waals surface area contributed by atoms with Gasteiger partial charge < -0.3 is 19.9 Å². The Morgan fingerprint density at radius 3 is 2.95 bits per heavy atom. The van der Waals surface area contributed by atoms with Gasteiger partial charge in [0.1, 0.15) is 6.61 Å². The highest BCUT2D eigenvalue weighted by Gasteiger charge is 2.08. The van der Waals surface area contributed by atoms with Crippen LogP contribution in [0.5, 0.6) is 11.5 Å². The Labute approximate surface area is 115 Å². The van der Waals surface area contributed by atoms with Crippen LogP contribution in [-0.4, -0.2) is 28.7 Å². The number of phenols is 1. The lowest BCUT2D eigenvalue weighted by molar-refractivity contribution is 0.179. The van der Waals surface area contributed by atoms with Gasteiger partial charge in [-0.15, -0.1) is 0 Å². The molecule has 0 radical (unpaired) electrons. The number of nitrogens with zero attached hydrogens (tertiary/aromatic N) is 2. The second-order valence-electron chi connectivity index (χ2n) is 3.77. The molecule has 19 heavy (non-hydrogen) atoms. The number of aromatic hydroxyl groups is 1. The van der Waals surface area contributed by atoms with Crippen molar-refractivity contribution in [2.75, 3.05) is 19.5 Å². The van der Waals surface area contributed by atoms with Crippen LogP contribution in [-0.2, 0) is 17.9 Å². The fourth-order valence-electron chi connectivity index (χ4n) is 1.56. The summed E-state index contributed by atoms with van der Waals surface area (Å²) in [5, 5.41) is 13.7. The van der Waals surface area contributed by atoms with E-state index in [4.69, 9.17) is 9.47 Å². The van der Waals surface area contributed by atoms with Crippen LogP contribution in [0.15, 0.2) is 18.2 Å². The molecule has 102 valence electrons.